The molecule has 0 aliphatic rings. The van der Waals surface area contributed by atoms with E-state index < -0.39 is 0 Å². The smallest absolute Gasteiger partial charge is 0.127 e. The van der Waals surface area contributed by atoms with Gasteiger partial charge in [0.05, 0.1) is 0 Å². The summed E-state index contributed by atoms with van der Waals surface area (Å²) in [5.74, 6) is 0.371. The predicted octanol–water partition coefficient (Wildman–Crippen LogP) is 7.39. The van der Waals surface area contributed by atoms with Gasteiger partial charge in [-0.1, -0.05) is 94.9 Å². The Labute approximate surface area is 162 Å². The minimum absolute atomic E-state index is 0.0797. The van der Waals surface area contributed by atoms with E-state index in [4.69, 9.17) is 0 Å². The summed E-state index contributed by atoms with van der Waals surface area (Å²) >= 11 is 0. The van der Waals surface area contributed by atoms with Crippen LogP contribution in [-0.4, -0.2) is 5.11 Å². The number of hydrogen-bond acceptors (Lipinski definition) is 1. The van der Waals surface area contributed by atoms with Gasteiger partial charge >= 0.3 is 0 Å². The fourth-order valence-electron chi connectivity index (χ4n) is 3.96. The Morgan fingerprint density at radius 1 is 0.615 bits per heavy atom. The van der Waals surface area contributed by atoms with Gasteiger partial charge in [0, 0.05) is 16.5 Å². The average Bonchev–Trinajstić information content (AvgIpc) is 2.42. The standard InChI is InChI=1S/C25H40O/c1-14-16-17(25(12,13)15-2)18(22(3,4)5)19(23(6,7)8)20(21(16)26)24(9,10)11/h14-15,26H,1-2H2,3-13H3. The molecular weight excluding hydrogens is 316 g/mol. The Morgan fingerprint density at radius 3 is 1.23 bits per heavy atom. The van der Waals surface area contributed by atoms with E-state index in [2.05, 4.69) is 89.3 Å². The molecule has 146 valence electrons. The Bertz CT molecular complexity index is 711. The van der Waals surface area contributed by atoms with Crippen molar-refractivity contribution < 1.29 is 5.11 Å². The van der Waals surface area contributed by atoms with Gasteiger partial charge in [0.2, 0.25) is 0 Å². The van der Waals surface area contributed by atoms with Crippen molar-refractivity contribution in [3.63, 3.8) is 0 Å². The molecule has 0 atom stereocenters. The van der Waals surface area contributed by atoms with Crippen molar-refractivity contribution in [1.29, 1.82) is 0 Å². The van der Waals surface area contributed by atoms with Gasteiger partial charge in [-0.15, -0.1) is 6.58 Å². The molecule has 1 rings (SSSR count). The van der Waals surface area contributed by atoms with Crippen LogP contribution in [0.15, 0.2) is 19.2 Å². The highest BCUT2D eigenvalue weighted by molar-refractivity contribution is 5.72. The summed E-state index contributed by atoms with van der Waals surface area (Å²) in [6.07, 6.45) is 3.79. The first kappa shape index (κ1) is 22.5. The van der Waals surface area contributed by atoms with Crippen LogP contribution < -0.4 is 0 Å². The SMILES string of the molecule is C=Cc1c(O)c(C(C)(C)C)c(C(C)(C)C)c(C(C)(C)C)c1C(C)(C)C=C. The van der Waals surface area contributed by atoms with E-state index in [9.17, 15) is 5.11 Å². The van der Waals surface area contributed by atoms with Crippen LogP contribution in [0.5, 0.6) is 5.75 Å². The molecule has 1 aromatic rings. The average molecular weight is 357 g/mol. The molecule has 0 unspecified atom stereocenters. The fourth-order valence-corrected chi connectivity index (χ4v) is 3.96. The van der Waals surface area contributed by atoms with Crippen LogP contribution in [-0.2, 0) is 21.7 Å². The normalized spacial score (nSPS) is 13.7. The first-order valence-corrected chi connectivity index (χ1v) is 9.62. The van der Waals surface area contributed by atoms with Crippen LogP contribution in [0.3, 0.4) is 0 Å². The number of phenols is 1. The lowest BCUT2D eigenvalue weighted by atomic mass is 9.62. The van der Waals surface area contributed by atoms with Crippen LogP contribution in [0, 0.1) is 0 Å². The van der Waals surface area contributed by atoms with E-state index >= 15 is 0 Å². The molecule has 1 heteroatoms. The molecule has 0 saturated heterocycles. The summed E-state index contributed by atoms with van der Waals surface area (Å²) in [7, 11) is 0. The second-order valence-corrected chi connectivity index (χ2v) is 11.1. The van der Waals surface area contributed by atoms with Gasteiger partial charge in [0.25, 0.3) is 0 Å². The molecule has 0 saturated carbocycles. The molecule has 0 spiro atoms. The van der Waals surface area contributed by atoms with Gasteiger partial charge in [-0.05, 0) is 32.9 Å². The minimum Gasteiger partial charge on any atom is -0.507 e. The quantitative estimate of drug-likeness (QED) is 0.560. The molecule has 0 bridgehead atoms. The summed E-state index contributed by atoms with van der Waals surface area (Å²) in [6.45, 7) is 32.5. The highest BCUT2D eigenvalue weighted by atomic mass is 16.3. The molecule has 0 aromatic heterocycles. The van der Waals surface area contributed by atoms with Gasteiger partial charge in [0.1, 0.15) is 5.75 Å². The maximum absolute atomic E-state index is 11.4. The third-order valence-corrected chi connectivity index (χ3v) is 5.12. The Kier molecular flexibility index (Phi) is 5.71. The molecule has 26 heavy (non-hydrogen) atoms. The summed E-state index contributed by atoms with van der Waals surface area (Å²) in [5, 5.41) is 11.4. The van der Waals surface area contributed by atoms with Gasteiger partial charge in [-0.25, -0.2) is 0 Å². The lowest BCUT2D eigenvalue weighted by molar-refractivity contribution is 0.421. The van der Waals surface area contributed by atoms with Crippen LogP contribution in [0.4, 0.5) is 0 Å². The summed E-state index contributed by atoms with van der Waals surface area (Å²) in [5.41, 5.74) is 4.95. The zero-order valence-electron chi connectivity index (χ0n) is 19.0. The molecular formula is C25H40O. The van der Waals surface area contributed by atoms with Gasteiger partial charge in [0.15, 0.2) is 0 Å². The molecule has 1 N–H and O–H groups in total. The molecule has 0 aliphatic carbocycles. The van der Waals surface area contributed by atoms with Crippen molar-refractivity contribution in [2.45, 2.75) is 97.8 Å². The maximum Gasteiger partial charge on any atom is 0.127 e. The van der Waals surface area contributed by atoms with E-state index in [1.54, 1.807) is 0 Å². The number of phenolic OH excluding ortho intramolecular Hbond substituents is 1. The number of allylic oxidation sites excluding steroid dienone is 1. The van der Waals surface area contributed by atoms with Crippen molar-refractivity contribution in [2.24, 2.45) is 0 Å². The third kappa shape index (κ3) is 3.92. The van der Waals surface area contributed by atoms with Gasteiger partial charge in [-0.3, -0.25) is 0 Å². The van der Waals surface area contributed by atoms with Crippen molar-refractivity contribution >= 4 is 6.08 Å². The van der Waals surface area contributed by atoms with E-state index in [0.29, 0.717) is 5.75 Å². The minimum atomic E-state index is -0.278. The van der Waals surface area contributed by atoms with Crippen LogP contribution in [0.25, 0.3) is 6.08 Å². The van der Waals surface area contributed by atoms with E-state index in [1.165, 1.54) is 11.1 Å². The molecule has 0 radical (unpaired) electrons. The number of benzene rings is 1. The van der Waals surface area contributed by atoms with Crippen molar-refractivity contribution in [1.82, 2.24) is 0 Å². The molecule has 0 heterocycles. The van der Waals surface area contributed by atoms with Crippen LogP contribution >= 0.6 is 0 Å². The summed E-state index contributed by atoms with van der Waals surface area (Å²) < 4.78 is 0. The van der Waals surface area contributed by atoms with Crippen LogP contribution in [0.2, 0.25) is 0 Å². The topological polar surface area (TPSA) is 20.2 Å². The van der Waals surface area contributed by atoms with Crippen molar-refractivity contribution in [3.8, 4) is 5.75 Å². The second kappa shape index (κ2) is 6.59. The zero-order valence-corrected chi connectivity index (χ0v) is 19.0. The van der Waals surface area contributed by atoms with Gasteiger partial charge < -0.3 is 5.11 Å². The molecule has 0 aliphatic heterocycles. The number of aromatic hydroxyl groups is 1. The number of hydrogen-bond donors (Lipinski definition) is 1. The Hall–Kier alpha value is -1.50. The maximum atomic E-state index is 11.4. The fraction of sp³-hybridized carbons (Fsp3) is 0.600. The lowest BCUT2D eigenvalue weighted by Gasteiger charge is -2.42. The van der Waals surface area contributed by atoms with E-state index in [-0.39, 0.29) is 21.7 Å². The first-order valence-electron chi connectivity index (χ1n) is 9.62. The summed E-state index contributed by atoms with van der Waals surface area (Å²) in [4.78, 5) is 0. The molecule has 0 fully saturated rings. The van der Waals surface area contributed by atoms with Crippen LogP contribution in [0.1, 0.15) is 104 Å². The van der Waals surface area contributed by atoms with Crippen molar-refractivity contribution in [2.75, 3.05) is 0 Å². The molecule has 1 nitrogen and oxygen atoms in total. The van der Waals surface area contributed by atoms with E-state index in [0.717, 1.165) is 16.7 Å². The first-order chi connectivity index (χ1) is 11.4. The van der Waals surface area contributed by atoms with Crippen molar-refractivity contribution in [3.05, 3.63) is 47.1 Å². The lowest BCUT2D eigenvalue weighted by Crippen LogP contribution is -2.33. The third-order valence-electron chi connectivity index (χ3n) is 5.12. The highest BCUT2D eigenvalue weighted by Gasteiger charge is 2.40. The monoisotopic (exact) mass is 356 g/mol. The van der Waals surface area contributed by atoms with Gasteiger partial charge in [-0.2, -0.15) is 0 Å². The molecule has 0 amide bonds. The summed E-state index contributed by atoms with van der Waals surface area (Å²) in [6, 6.07) is 0. The number of rotatable bonds is 3. The Balaban J connectivity index is 4.50. The second-order valence-electron chi connectivity index (χ2n) is 11.1. The van der Waals surface area contributed by atoms with E-state index in [1.807, 2.05) is 12.2 Å². The Morgan fingerprint density at radius 2 is 0.962 bits per heavy atom. The zero-order chi connectivity index (χ0) is 20.9. The predicted molar refractivity (Wildman–Crippen MR) is 118 cm³/mol. The largest absolute Gasteiger partial charge is 0.507 e. The molecule has 1 aromatic carbocycles. The highest BCUT2D eigenvalue weighted by Crippen LogP contribution is 2.51.